The van der Waals surface area contributed by atoms with E-state index in [1.165, 1.54) is 25.3 Å². The number of halogens is 6. The molecule has 9 atom stereocenters. The molecule has 2 aromatic heterocycles. The van der Waals surface area contributed by atoms with Crippen molar-refractivity contribution in [1.29, 1.82) is 0 Å². The van der Waals surface area contributed by atoms with Gasteiger partial charge in [-0.05, 0) is 77.3 Å². The van der Waals surface area contributed by atoms with Gasteiger partial charge in [-0.1, -0.05) is 31.2 Å². The second kappa shape index (κ2) is 19.4. The molecule has 3 aliphatic heterocycles. The fraction of sp³-hybridized carbons (Fsp3) is 0.565. The number of sulfonamides is 1. The third-order valence-corrected chi connectivity index (χ3v) is 16.7. The Balaban J connectivity index is 1.25. The number of carboxylic acid groups (broad SMARTS) is 1. The molecule has 380 valence electrons. The average molecular weight is 1030 g/mol. The summed E-state index contributed by atoms with van der Waals surface area (Å²) in [5.41, 5.74) is -2.80. The zero-order valence-corrected chi connectivity index (χ0v) is 39.8. The Morgan fingerprint density at radius 1 is 1.09 bits per heavy atom. The van der Waals surface area contributed by atoms with Gasteiger partial charge in [-0.25, -0.2) is 23.2 Å². The van der Waals surface area contributed by atoms with Crippen LogP contribution < -0.4 is 14.8 Å². The first kappa shape index (κ1) is 51.0. The van der Waals surface area contributed by atoms with E-state index in [0.29, 0.717) is 12.8 Å². The van der Waals surface area contributed by atoms with Crippen molar-refractivity contribution in [3.05, 3.63) is 65.7 Å². The molecule has 0 radical (unpaired) electrons. The number of ether oxygens (including phenoxy) is 3. The van der Waals surface area contributed by atoms with Crippen molar-refractivity contribution in [2.45, 2.75) is 144 Å². The maximum atomic E-state index is 16.1. The number of nitrogens with one attached hydrogen (secondary N) is 2. The zero-order chi connectivity index (χ0) is 50.6. The number of thiazole rings is 1. The molecule has 8 rings (SSSR count). The van der Waals surface area contributed by atoms with Gasteiger partial charge in [0.1, 0.15) is 40.2 Å². The monoisotopic (exact) mass is 1030 g/mol. The third-order valence-electron chi connectivity index (χ3n) is 13.8. The number of pyridine rings is 1. The molecule has 4 amide bonds. The van der Waals surface area contributed by atoms with Gasteiger partial charge in [0.25, 0.3) is 5.91 Å². The topological polar surface area (TPSA) is 207 Å². The fourth-order valence-electron chi connectivity index (χ4n) is 9.50. The number of rotatable bonds is 10. The van der Waals surface area contributed by atoms with Gasteiger partial charge < -0.3 is 29.5 Å². The van der Waals surface area contributed by atoms with Gasteiger partial charge in [0.15, 0.2) is 6.04 Å². The molecular formula is C46H52F6N6O10S2. The quantitative estimate of drug-likeness (QED) is 0.137. The number of alkyl halides is 6. The average Bonchev–Trinajstić information content (AvgIpc) is 4.07. The summed E-state index contributed by atoms with van der Waals surface area (Å²) in [4.78, 5) is 67.9. The van der Waals surface area contributed by atoms with Crippen LogP contribution in [0.4, 0.5) is 31.1 Å². The van der Waals surface area contributed by atoms with Crippen molar-refractivity contribution >= 4 is 45.2 Å². The van der Waals surface area contributed by atoms with E-state index in [1.807, 2.05) is 0 Å². The van der Waals surface area contributed by atoms with Crippen LogP contribution in [0.5, 0.6) is 5.75 Å². The highest BCUT2D eigenvalue weighted by molar-refractivity contribution is 7.91. The summed E-state index contributed by atoms with van der Waals surface area (Å²) in [5.74, 6) is -4.99. The highest BCUT2D eigenvalue weighted by Gasteiger charge is 2.66. The van der Waals surface area contributed by atoms with Crippen molar-refractivity contribution in [3.8, 4) is 27.7 Å². The first-order valence-corrected chi connectivity index (χ1v) is 25.3. The number of amides is 4. The van der Waals surface area contributed by atoms with Crippen molar-refractivity contribution in [2.75, 3.05) is 13.2 Å². The summed E-state index contributed by atoms with van der Waals surface area (Å²) in [7, 11) is -4.29. The van der Waals surface area contributed by atoms with E-state index in [1.54, 1.807) is 31.4 Å². The molecule has 0 bridgehead atoms. The number of aromatic nitrogens is 2. The first-order chi connectivity index (χ1) is 33.0. The minimum atomic E-state index is -5.41. The third kappa shape index (κ3) is 10.4. The van der Waals surface area contributed by atoms with Gasteiger partial charge in [-0.2, -0.15) is 26.3 Å². The number of hydrogen-bond acceptors (Lipinski definition) is 12. The summed E-state index contributed by atoms with van der Waals surface area (Å²) < 4.78 is 135. The maximum absolute atomic E-state index is 16.1. The lowest BCUT2D eigenvalue weighted by molar-refractivity contribution is -0.202. The molecule has 70 heavy (non-hydrogen) atoms. The van der Waals surface area contributed by atoms with Crippen LogP contribution in [0.1, 0.15) is 84.1 Å². The number of fused-ring (bicyclic) bond motifs is 2. The highest BCUT2D eigenvalue weighted by atomic mass is 32.2. The Bertz CT molecular complexity index is 2590. The number of allylic oxidation sites excluding steroid dienone is 1. The largest absolute Gasteiger partial charge is 0.488 e. The molecule has 4 fully saturated rings. The maximum Gasteiger partial charge on any atom is 0.416 e. The van der Waals surface area contributed by atoms with E-state index in [2.05, 4.69) is 20.0 Å². The Morgan fingerprint density at radius 3 is 2.40 bits per heavy atom. The van der Waals surface area contributed by atoms with Crippen molar-refractivity contribution in [3.63, 3.8) is 0 Å². The van der Waals surface area contributed by atoms with E-state index in [0.717, 1.165) is 40.5 Å². The summed E-state index contributed by atoms with van der Waals surface area (Å²) in [6.07, 6.45) is -10.7. The van der Waals surface area contributed by atoms with Crippen LogP contribution in [0.3, 0.4) is 0 Å². The van der Waals surface area contributed by atoms with Gasteiger partial charge in [-0.15, -0.1) is 11.3 Å². The zero-order valence-electron chi connectivity index (χ0n) is 38.2. The lowest BCUT2D eigenvalue weighted by Gasteiger charge is -2.44. The first-order valence-electron chi connectivity index (χ1n) is 22.9. The van der Waals surface area contributed by atoms with Crippen LogP contribution in [0.2, 0.25) is 0 Å². The Hall–Kier alpha value is -5.33. The lowest BCUT2D eigenvalue weighted by Crippen LogP contribution is -2.66. The van der Waals surface area contributed by atoms with E-state index in [-0.39, 0.29) is 84.3 Å². The molecule has 5 aliphatic rings. The van der Waals surface area contributed by atoms with Gasteiger partial charge >= 0.3 is 18.4 Å². The Kier molecular flexibility index (Phi) is 14.1. The standard InChI is InChI=1S/C46H52F6N6O10S2/c1-4-34-36(57(42(62)63)29-10-7-18-66-24-29)40(60)58-33(38(59)55-44(23-28(44)9-6-5-8-25(2)67-34)41(61)56-70(64,65)43(3)15-16-43)22-35(37(58)46(50,51)52)68-30-20-31(54-32(21-30)39-53-17-19-69-39)26-11-13-27(14-12-26)45(47,48)49/h6,9,11-14,17,19-21,25,28-29,33-37H,4-5,7-8,10,15-16,18,22-24H2,1-3H3,(H,55,59)(H,56,61)(H,62,63)/b9-6-/t25-,28-,29?,33+,34+,35-,36+,37?,44-/m1/s1. The van der Waals surface area contributed by atoms with E-state index < -0.39 is 117 Å². The predicted octanol–water partition coefficient (Wildman–Crippen LogP) is 7.10. The molecule has 16 nitrogen and oxygen atoms in total. The summed E-state index contributed by atoms with van der Waals surface area (Å²) >= 11 is 1.10. The van der Waals surface area contributed by atoms with Crippen LogP contribution in [0, 0.1) is 5.92 Å². The summed E-state index contributed by atoms with van der Waals surface area (Å²) in [5, 5.41) is 15.3. The second-order valence-corrected chi connectivity index (χ2v) is 21.8. The minimum absolute atomic E-state index is 0.0265. The molecule has 3 aromatic rings. The summed E-state index contributed by atoms with van der Waals surface area (Å²) in [6, 6.07) is -1.84. The van der Waals surface area contributed by atoms with Crippen LogP contribution in [-0.4, -0.2) is 129 Å². The van der Waals surface area contributed by atoms with Crippen molar-refractivity contribution < 1.29 is 73.3 Å². The molecule has 0 spiro atoms. The Labute approximate surface area is 403 Å². The van der Waals surface area contributed by atoms with Gasteiger partial charge in [0.05, 0.1) is 40.9 Å². The molecule has 2 saturated carbocycles. The van der Waals surface area contributed by atoms with E-state index >= 15 is 18.0 Å². The van der Waals surface area contributed by atoms with Gasteiger partial charge in [-0.3, -0.25) is 24.0 Å². The van der Waals surface area contributed by atoms with E-state index in [4.69, 9.17) is 14.2 Å². The number of carbonyl (C=O) groups excluding carboxylic acids is 3. The molecule has 1 aromatic carbocycles. The summed E-state index contributed by atoms with van der Waals surface area (Å²) in [6.45, 7) is 4.74. The molecule has 24 heteroatoms. The smallest absolute Gasteiger partial charge is 0.416 e. The predicted molar refractivity (Wildman–Crippen MR) is 239 cm³/mol. The number of nitrogens with zero attached hydrogens (tertiary/aromatic N) is 4. The van der Waals surface area contributed by atoms with Crippen LogP contribution in [0.25, 0.3) is 22.0 Å². The van der Waals surface area contributed by atoms with E-state index in [9.17, 15) is 41.1 Å². The van der Waals surface area contributed by atoms with Crippen LogP contribution in [-0.2, 0) is 40.1 Å². The van der Waals surface area contributed by atoms with Crippen molar-refractivity contribution in [2.24, 2.45) is 5.92 Å². The molecular weight excluding hydrogens is 975 g/mol. The Morgan fingerprint density at radius 2 is 1.80 bits per heavy atom. The fourth-order valence-corrected chi connectivity index (χ4v) is 11.4. The number of hydrogen-bond donors (Lipinski definition) is 3. The molecule has 2 saturated heterocycles. The van der Waals surface area contributed by atoms with Crippen LogP contribution in [0.15, 0.2) is 60.1 Å². The van der Waals surface area contributed by atoms with Crippen LogP contribution >= 0.6 is 11.3 Å². The minimum Gasteiger partial charge on any atom is -0.488 e. The number of benzene rings is 1. The SMILES string of the molecule is CC[C@@H]1O[C@H](C)CC/C=C\[C@@H]2C[C@@]2(C(=O)NS(=O)(=O)C2(C)CC2)NC(=O)[C@@H]2C[C@@H](Oc3cc(-c4ccc(C(F)(F)F)cc4)nc(-c4nccs4)c3)C(C(F)(F)F)N2C(=O)[C@H]1N(C(=O)O)C1CCCOC1. The normalized spacial score (nSPS) is 29.9. The van der Waals surface area contributed by atoms with Gasteiger partial charge in [0.2, 0.25) is 21.8 Å². The highest BCUT2D eigenvalue weighted by Crippen LogP contribution is 2.49. The molecule has 2 aliphatic carbocycles. The molecule has 5 heterocycles. The number of carbonyl (C=O) groups is 4. The lowest BCUT2D eigenvalue weighted by atomic mass is 9.99. The van der Waals surface area contributed by atoms with Gasteiger partial charge in [0, 0.05) is 48.2 Å². The second-order valence-electron chi connectivity index (χ2n) is 18.7. The van der Waals surface area contributed by atoms with Crippen molar-refractivity contribution in [1.82, 2.24) is 29.8 Å². The molecule has 3 N–H and O–H groups in total. The molecule has 2 unspecified atom stereocenters.